The van der Waals surface area contributed by atoms with E-state index in [0.29, 0.717) is 5.69 Å². The van der Waals surface area contributed by atoms with Crippen molar-refractivity contribution in [3.63, 3.8) is 0 Å². The summed E-state index contributed by atoms with van der Waals surface area (Å²) in [6, 6.07) is 6.46. The lowest BCUT2D eigenvalue weighted by atomic mass is 10.1. The van der Waals surface area contributed by atoms with Gasteiger partial charge in [-0.3, -0.25) is 25.0 Å². The van der Waals surface area contributed by atoms with Crippen molar-refractivity contribution < 1.29 is 28.4 Å². The number of anilines is 2. The lowest BCUT2D eigenvalue weighted by Gasteiger charge is -2.11. The fourth-order valence-corrected chi connectivity index (χ4v) is 3.64. The third kappa shape index (κ3) is 5.41. The topological polar surface area (TPSA) is 133 Å². The number of ether oxygens (including phenoxy) is 2. The molecule has 0 saturated heterocycles. The van der Waals surface area contributed by atoms with Crippen LogP contribution in [-0.4, -0.2) is 35.4 Å². The van der Waals surface area contributed by atoms with Gasteiger partial charge in [-0.1, -0.05) is 0 Å². The van der Waals surface area contributed by atoms with E-state index >= 15 is 0 Å². The first kappa shape index (κ1) is 23.6. The van der Waals surface area contributed by atoms with Gasteiger partial charge in [0.2, 0.25) is 5.91 Å². The van der Waals surface area contributed by atoms with Gasteiger partial charge in [-0.25, -0.2) is 9.37 Å². The first-order valence-corrected chi connectivity index (χ1v) is 10.4. The Bertz CT molecular complexity index is 1230. The predicted octanol–water partition coefficient (Wildman–Crippen LogP) is 4.48. The van der Waals surface area contributed by atoms with Crippen molar-refractivity contribution in [1.29, 1.82) is 0 Å². The number of halogens is 1. The number of benzene rings is 2. The molecule has 172 valence electrons. The maximum atomic E-state index is 14.5. The minimum atomic E-state index is -0.785. The Balaban J connectivity index is 1.87. The van der Waals surface area contributed by atoms with E-state index in [1.165, 1.54) is 37.6 Å². The van der Waals surface area contributed by atoms with E-state index in [2.05, 4.69) is 15.6 Å². The quantitative estimate of drug-likeness (QED) is 0.363. The average molecular weight is 474 g/mol. The van der Waals surface area contributed by atoms with Crippen molar-refractivity contribution in [2.24, 2.45) is 0 Å². The van der Waals surface area contributed by atoms with Gasteiger partial charge in [-0.2, -0.15) is 0 Å². The van der Waals surface area contributed by atoms with Gasteiger partial charge in [0.25, 0.3) is 11.6 Å². The van der Waals surface area contributed by atoms with Crippen LogP contribution in [0.1, 0.15) is 24.2 Å². The van der Waals surface area contributed by atoms with E-state index in [-0.39, 0.29) is 46.0 Å². The normalized spacial score (nSPS) is 10.4. The monoisotopic (exact) mass is 474 g/mol. The zero-order valence-corrected chi connectivity index (χ0v) is 18.6. The molecule has 2 aromatic carbocycles. The zero-order chi connectivity index (χ0) is 24.1. The number of carbonyl (C=O) groups excluding carboxylic acids is 2. The summed E-state index contributed by atoms with van der Waals surface area (Å²) in [5, 5.41) is 18.1. The molecule has 0 aliphatic heterocycles. The highest BCUT2D eigenvalue weighted by molar-refractivity contribution is 7.14. The van der Waals surface area contributed by atoms with Crippen LogP contribution in [-0.2, 0) is 4.79 Å². The molecule has 3 rings (SSSR count). The molecule has 0 unspecified atom stereocenters. The van der Waals surface area contributed by atoms with Crippen LogP contribution in [0.15, 0.2) is 35.7 Å². The molecule has 0 bridgehead atoms. The summed E-state index contributed by atoms with van der Waals surface area (Å²) in [5.74, 6) is -1.43. The van der Waals surface area contributed by atoms with Crippen molar-refractivity contribution >= 4 is 39.7 Å². The van der Waals surface area contributed by atoms with Crippen molar-refractivity contribution in [2.45, 2.75) is 13.8 Å². The Kier molecular flexibility index (Phi) is 7.18. The maximum absolute atomic E-state index is 14.5. The summed E-state index contributed by atoms with van der Waals surface area (Å²) in [7, 11) is 1.33. The number of methoxy groups -OCH3 is 1. The Morgan fingerprint density at radius 1 is 1.21 bits per heavy atom. The number of rotatable bonds is 8. The van der Waals surface area contributed by atoms with E-state index in [0.717, 1.165) is 23.5 Å². The second-order valence-electron chi connectivity index (χ2n) is 6.58. The number of nitrogens with zero attached hydrogens (tertiary/aromatic N) is 2. The minimum Gasteiger partial charge on any atom is -0.493 e. The van der Waals surface area contributed by atoms with E-state index in [9.17, 15) is 24.1 Å². The smallest absolute Gasteiger partial charge is 0.286 e. The maximum Gasteiger partial charge on any atom is 0.286 e. The van der Waals surface area contributed by atoms with Crippen molar-refractivity contribution in [3.05, 3.63) is 57.2 Å². The lowest BCUT2D eigenvalue weighted by molar-refractivity contribution is -0.385. The number of thiazole rings is 1. The van der Waals surface area contributed by atoms with Crippen molar-refractivity contribution in [2.75, 3.05) is 24.4 Å². The number of aromatic nitrogens is 1. The van der Waals surface area contributed by atoms with Crippen LogP contribution >= 0.6 is 11.3 Å². The van der Waals surface area contributed by atoms with Crippen LogP contribution in [0, 0.1) is 15.9 Å². The summed E-state index contributed by atoms with van der Waals surface area (Å²) < 4.78 is 25.0. The van der Waals surface area contributed by atoms with Gasteiger partial charge in [-0.05, 0) is 25.1 Å². The first-order valence-electron chi connectivity index (χ1n) is 9.57. The third-order valence-corrected chi connectivity index (χ3v) is 5.07. The van der Waals surface area contributed by atoms with Gasteiger partial charge in [0, 0.05) is 29.6 Å². The molecule has 12 heteroatoms. The molecule has 10 nitrogen and oxygen atoms in total. The van der Waals surface area contributed by atoms with Crippen LogP contribution in [0.4, 0.5) is 20.9 Å². The fraction of sp³-hybridized carbons (Fsp3) is 0.190. The second-order valence-corrected chi connectivity index (χ2v) is 7.44. The summed E-state index contributed by atoms with van der Waals surface area (Å²) in [4.78, 5) is 38.9. The molecule has 0 aliphatic rings. The Morgan fingerprint density at radius 3 is 2.58 bits per heavy atom. The van der Waals surface area contributed by atoms with Gasteiger partial charge in [0.15, 0.2) is 16.6 Å². The van der Waals surface area contributed by atoms with Crippen LogP contribution < -0.4 is 20.1 Å². The third-order valence-electron chi connectivity index (χ3n) is 4.31. The summed E-state index contributed by atoms with van der Waals surface area (Å²) in [6.07, 6.45) is 0. The highest BCUT2D eigenvalue weighted by Gasteiger charge is 2.25. The highest BCUT2D eigenvalue weighted by atomic mass is 32.1. The summed E-state index contributed by atoms with van der Waals surface area (Å²) in [6.45, 7) is 3.29. The molecule has 2 amide bonds. The molecule has 0 saturated carbocycles. The molecule has 0 radical (unpaired) electrons. The Hall–Kier alpha value is -4.06. The van der Waals surface area contributed by atoms with Crippen LogP contribution in [0.25, 0.3) is 11.3 Å². The Labute approximate surface area is 191 Å². The van der Waals surface area contributed by atoms with E-state index in [1.54, 1.807) is 6.92 Å². The van der Waals surface area contributed by atoms with E-state index in [1.807, 2.05) is 0 Å². The lowest BCUT2D eigenvalue weighted by Crippen LogP contribution is -2.14. The standard InChI is InChI=1S/C21H19FN4O6S/c1-4-32-19-8-14(17(26(29)30)9-18(19)31-3)20(28)25-21-24-16(10-33-21)13-6-5-12(7-15(13)22)23-11(2)27/h5-10H,4H2,1-3H3,(H,23,27)(H,24,25,28). The number of hydrogen-bond donors (Lipinski definition) is 2. The number of carbonyl (C=O) groups is 2. The molecule has 2 N–H and O–H groups in total. The number of nitro benzene ring substituents is 1. The molecule has 33 heavy (non-hydrogen) atoms. The summed E-state index contributed by atoms with van der Waals surface area (Å²) in [5.41, 5.74) is -0.00299. The molecule has 3 aromatic rings. The molecule has 1 heterocycles. The van der Waals surface area contributed by atoms with E-state index < -0.39 is 22.3 Å². The second kappa shape index (κ2) is 10.0. The average Bonchev–Trinajstić information content (AvgIpc) is 3.21. The molecule has 1 aromatic heterocycles. The predicted molar refractivity (Wildman–Crippen MR) is 121 cm³/mol. The Morgan fingerprint density at radius 2 is 1.97 bits per heavy atom. The number of nitro groups is 1. The van der Waals surface area contributed by atoms with Gasteiger partial charge < -0.3 is 14.8 Å². The molecule has 0 atom stereocenters. The molecular formula is C21H19FN4O6S. The molecular weight excluding hydrogens is 455 g/mol. The summed E-state index contributed by atoms with van der Waals surface area (Å²) >= 11 is 1.02. The fourth-order valence-electron chi connectivity index (χ4n) is 2.93. The SMILES string of the molecule is CCOc1cc(C(=O)Nc2nc(-c3ccc(NC(C)=O)cc3F)cs2)c([N+](=O)[O-])cc1OC. The van der Waals surface area contributed by atoms with Crippen LogP contribution in [0.5, 0.6) is 11.5 Å². The van der Waals surface area contributed by atoms with Crippen molar-refractivity contribution in [3.8, 4) is 22.8 Å². The van der Waals surface area contributed by atoms with Gasteiger partial charge in [0.1, 0.15) is 11.4 Å². The largest absolute Gasteiger partial charge is 0.493 e. The van der Waals surface area contributed by atoms with Crippen LogP contribution in [0.2, 0.25) is 0 Å². The van der Waals surface area contributed by atoms with Gasteiger partial charge in [0.05, 0.1) is 30.4 Å². The van der Waals surface area contributed by atoms with E-state index in [4.69, 9.17) is 9.47 Å². The minimum absolute atomic E-state index is 0.114. The number of amides is 2. The highest BCUT2D eigenvalue weighted by Crippen LogP contribution is 2.35. The first-order chi connectivity index (χ1) is 15.7. The van der Waals surface area contributed by atoms with Gasteiger partial charge >= 0.3 is 0 Å². The number of nitrogens with one attached hydrogen (secondary N) is 2. The molecule has 0 fully saturated rings. The molecule has 0 aliphatic carbocycles. The zero-order valence-electron chi connectivity index (χ0n) is 17.8. The van der Waals surface area contributed by atoms with Gasteiger partial charge in [-0.15, -0.1) is 11.3 Å². The van der Waals surface area contributed by atoms with Crippen molar-refractivity contribution in [1.82, 2.24) is 4.98 Å². The number of hydrogen-bond acceptors (Lipinski definition) is 8. The molecule has 0 spiro atoms. The van der Waals surface area contributed by atoms with Crippen LogP contribution in [0.3, 0.4) is 0 Å².